The molecule has 3 aromatic rings. The molecule has 1 fully saturated rings. The SMILES string of the molecule is O=C(Nc1ccc(OC(F)(F)Cl)cc1)c1cc2c(c(-c3ccn[nH]3)c1)N(C1CCCCC1)CC2. The first-order valence-corrected chi connectivity index (χ1v) is 11.9. The molecule has 2 aliphatic rings. The van der Waals surface area contributed by atoms with E-state index in [9.17, 15) is 13.6 Å². The highest BCUT2D eigenvalue weighted by atomic mass is 35.5. The van der Waals surface area contributed by atoms with E-state index in [1.807, 2.05) is 18.2 Å². The van der Waals surface area contributed by atoms with Gasteiger partial charge < -0.3 is 15.0 Å². The molecule has 178 valence electrons. The van der Waals surface area contributed by atoms with Gasteiger partial charge in [0.25, 0.3) is 5.91 Å². The van der Waals surface area contributed by atoms with E-state index in [1.54, 1.807) is 6.20 Å². The number of hydrogen-bond donors (Lipinski definition) is 2. The summed E-state index contributed by atoms with van der Waals surface area (Å²) < 4.78 is 29.9. The Labute approximate surface area is 201 Å². The molecule has 0 saturated heterocycles. The molecule has 1 aromatic heterocycles. The van der Waals surface area contributed by atoms with E-state index >= 15 is 0 Å². The molecule has 6 nitrogen and oxygen atoms in total. The summed E-state index contributed by atoms with van der Waals surface area (Å²) in [6, 6.07) is 11.9. The molecule has 2 heterocycles. The van der Waals surface area contributed by atoms with Crippen LogP contribution in [-0.4, -0.2) is 34.3 Å². The number of rotatable bonds is 6. The number of nitrogens with zero attached hydrogens (tertiary/aromatic N) is 2. The van der Waals surface area contributed by atoms with Gasteiger partial charge in [-0.1, -0.05) is 19.3 Å². The summed E-state index contributed by atoms with van der Waals surface area (Å²) in [7, 11) is 0. The van der Waals surface area contributed by atoms with E-state index in [4.69, 9.17) is 11.6 Å². The number of halogens is 3. The first-order chi connectivity index (χ1) is 16.4. The summed E-state index contributed by atoms with van der Waals surface area (Å²) in [6.45, 7) is 0.943. The van der Waals surface area contributed by atoms with Gasteiger partial charge in [0.15, 0.2) is 0 Å². The van der Waals surface area contributed by atoms with Gasteiger partial charge in [-0.3, -0.25) is 9.89 Å². The number of carbonyl (C=O) groups excluding carboxylic acids is 1. The topological polar surface area (TPSA) is 70.2 Å². The number of fused-ring (bicyclic) bond motifs is 1. The second-order valence-corrected chi connectivity index (χ2v) is 9.20. The van der Waals surface area contributed by atoms with Crippen molar-refractivity contribution >= 4 is 28.9 Å². The Morgan fingerprint density at radius 2 is 1.91 bits per heavy atom. The highest BCUT2D eigenvalue weighted by molar-refractivity contribution is 6.20. The largest absolute Gasteiger partial charge is 0.487 e. The van der Waals surface area contributed by atoms with Gasteiger partial charge in [-0.25, -0.2) is 0 Å². The zero-order valence-corrected chi connectivity index (χ0v) is 19.2. The predicted molar refractivity (Wildman–Crippen MR) is 128 cm³/mol. The zero-order chi connectivity index (χ0) is 23.7. The molecular weight excluding hydrogens is 462 g/mol. The molecular formula is C25H25ClF2N4O2. The van der Waals surface area contributed by atoms with Gasteiger partial charge in [0.1, 0.15) is 5.75 Å². The monoisotopic (exact) mass is 486 g/mol. The number of alkyl halides is 3. The van der Waals surface area contributed by atoms with E-state index in [0.29, 0.717) is 17.3 Å². The lowest BCUT2D eigenvalue weighted by atomic mass is 9.93. The van der Waals surface area contributed by atoms with Crippen LogP contribution in [0.25, 0.3) is 11.3 Å². The van der Waals surface area contributed by atoms with Gasteiger partial charge in [0.2, 0.25) is 0 Å². The molecule has 2 aromatic carbocycles. The average molecular weight is 487 g/mol. The van der Waals surface area contributed by atoms with Crippen molar-refractivity contribution in [2.45, 2.75) is 50.1 Å². The normalized spacial score (nSPS) is 16.4. The molecule has 0 radical (unpaired) electrons. The van der Waals surface area contributed by atoms with Crippen LogP contribution in [0.4, 0.5) is 20.2 Å². The Balaban J connectivity index is 1.42. The van der Waals surface area contributed by atoms with Crippen molar-refractivity contribution in [1.29, 1.82) is 0 Å². The number of H-pyrrole nitrogens is 1. The van der Waals surface area contributed by atoms with Crippen molar-refractivity contribution in [2.24, 2.45) is 0 Å². The number of benzene rings is 2. The summed E-state index contributed by atoms with van der Waals surface area (Å²) in [5.74, 6) is -0.379. The van der Waals surface area contributed by atoms with Crippen LogP contribution in [0.15, 0.2) is 48.7 Å². The van der Waals surface area contributed by atoms with Gasteiger partial charge in [-0.05, 0) is 67.3 Å². The molecule has 5 rings (SSSR count). The molecule has 0 atom stereocenters. The van der Waals surface area contributed by atoms with Gasteiger partial charge in [-0.2, -0.15) is 5.10 Å². The van der Waals surface area contributed by atoms with Crippen molar-refractivity contribution < 1.29 is 18.3 Å². The van der Waals surface area contributed by atoms with Crippen molar-refractivity contribution in [2.75, 3.05) is 16.8 Å². The number of ether oxygens (including phenoxy) is 1. The Bertz CT molecular complexity index is 1160. The fourth-order valence-electron chi connectivity index (χ4n) is 5.02. The Morgan fingerprint density at radius 1 is 1.15 bits per heavy atom. The Hall–Kier alpha value is -3.13. The van der Waals surface area contributed by atoms with E-state index in [1.165, 1.54) is 62.1 Å². The van der Waals surface area contributed by atoms with E-state index in [-0.39, 0.29) is 11.7 Å². The third-order valence-electron chi connectivity index (χ3n) is 6.51. The summed E-state index contributed by atoms with van der Waals surface area (Å²) >= 11 is 4.80. The summed E-state index contributed by atoms with van der Waals surface area (Å²) in [4.78, 5) is 15.6. The number of anilines is 2. The molecule has 1 saturated carbocycles. The van der Waals surface area contributed by atoms with Crippen molar-refractivity contribution in [3.05, 3.63) is 59.8 Å². The van der Waals surface area contributed by atoms with E-state index < -0.39 is 5.57 Å². The number of aromatic amines is 1. The van der Waals surface area contributed by atoms with Crippen LogP contribution in [0.2, 0.25) is 0 Å². The molecule has 9 heteroatoms. The highest BCUT2D eigenvalue weighted by Crippen LogP contribution is 2.42. The quantitative estimate of drug-likeness (QED) is 0.407. The third kappa shape index (κ3) is 4.87. The molecule has 1 aliphatic carbocycles. The molecule has 1 aliphatic heterocycles. The van der Waals surface area contributed by atoms with Crippen LogP contribution in [-0.2, 0) is 6.42 Å². The van der Waals surface area contributed by atoms with E-state index in [2.05, 4.69) is 25.2 Å². The number of aromatic nitrogens is 2. The van der Waals surface area contributed by atoms with Crippen LogP contribution >= 0.6 is 11.6 Å². The van der Waals surface area contributed by atoms with Gasteiger partial charge in [0, 0.05) is 52.9 Å². The molecule has 0 unspecified atom stereocenters. The van der Waals surface area contributed by atoms with Crippen LogP contribution in [0, 0.1) is 0 Å². The van der Waals surface area contributed by atoms with Crippen LogP contribution in [0.3, 0.4) is 0 Å². The Morgan fingerprint density at radius 3 is 2.59 bits per heavy atom. The number of hydrogen-bond acceptors (Lipinski definition) is 4. The predicted octanol–water partition coefficient (Wildman–Crippen LogP) is 6.19. The minimum absolute atomic E-state index is 0.0973. The molecule has 2 N–H and O–H groups in total. The standard InChI is InChI=1S/C25H25ClF2N4O2/c26-25(27,28)34-20-8-6-18(7-9-20)30-24(33)17-14-16-11-13-32(19-4-2-1-3-5-19)23(16)21(15-17)22-10-12-29-31-22/h6-10,12,14-15,19H,1-5,11,13H2,(H,29,31)(H,30,33). The van der Waals surface area contributed by atoms with Crippen LogP contribution in [0.1, 0.15) is 48.0 Å². The second kappa shape index (κ2) is 9.25. The summed E-state index contributed by atoms with van der Waals surface area (Å²) in [6.07, 6.45) is 8.78. The first kappa shape index (κ1) is 22.7. The van der Waals surface area contributed by atoms with Crippen LogP contribution < -0.4 is 15.0 Å². The minimum Gasteiger partial charge on any atom is -0.420 e. The average Bonchev–Trinajstić information content (AvgIpc) is 3.50. The van der Waals surface area contributed by atoms with Crippen molar-refractivity contribution in [3.63, 3.8) is 0 Å². The lowest BCUT2D eigenvalue weighted by molar-refractivity contribution is -0.0964. The lowest BCUT2D eigenvalue weighted by Crippen LogP contribution is -2.35. The maximum absolute atomic E-state index is 13.1. The fraction of sp³-hybridized carbons (Fsp3) is 0.360. The van der Waals surface area contributed by atoms with Gasteiger partial charge in [-0.15, -0.1) is 8.78 Å². The van der Waals surface area contributed by atoms with E-state index in [0.717, 1.165) is 29.8 Å². The minimum atomic E-state index is -3.79. The molecule has 0 bridgehead atoms. The second-order valence-electron chi connectivity index (χ2n) is 8.76. The van der Waals surface area contributed by atoms with Crippen molar-refractivity contribution in [3.8, 4) is 17.0 Å². The van der Waals surface area contributed by atoms with Crippen molar-refractivity contribution in [1.82, 2.24) is 10.2 Å². The van der Waals surface area contributed by atoms with Crippen LogP contribution in [0.5, 0.6) is 5.75 Å². The summed E-state index contributed by atoms with van der Waals surface area (Å²) in [5.41, 5.74) is 1.38. The fourth-order valence-corrected chi connectivity index (χ4v) is 5.11. The smallest absolute Gasteiger partial charge is 0.420 e. The maximum atomic E-state index is 13.1. The summed E-state index contributed by atoms with van der Waals surface area (Å²) in [5, 5.41) is 10.0. The Kier molecular flexibility index (Phi) is 6.16. The number of amides is 1. The molecule has 34 heavy (non-hydrogen) atoms. The first-order valence-electron chi connectivity index (χ1n) is 11.5. The van der Waals surface area contributed by atoms with Gasteiger partial charge in [0.05, 0.1) is 5.69 Å². The number of carbonyl (C=O) groups is 1. The number of nitrogens with one attached hydrogen (secondary N) is 2. The molecule has 1 amide bonds. The maximum Gasteiger partial charge on any atom is 0.487 e. The third-order valence-corrected chi connectivity index (χ3v) is 6.59. The zero-order valence-electron chi connectivity index (χ0n) is 18.5. The lowest BCUT2D eigenvalue weighted by Gasteiger charge is -2.34. The van der Waals surface area contributed by atoms with Gasteiger partial charge >= 0.3 is 5.57 Å². The highest BCUT2D eigenvalue weighted by Gasteiger charge is 2.31. The molecule has 0 spiro atoms.